The number of hydrogen-bond acceptors (Lipinski definition) is 5. The van der Waals surface area contributed by atoms with Gasteiger partial charge in [-0.2, -0.15) is 0 Å². The SMILES string of the molecule is CCCCCCCCCCCCOc1ccc(CSc2cccc(C(=O)O)c2)nc1C=CC(=O)O. The lowest BCUT2D eigenvalue weighted by molar-refractivity contribution is -0.131. The van der Waals surface area contributed by atoms with E-state index in [-0.39, 0.29) is 5.56 Å². The van der Waals surface area contributed by atoms with Gasteiger partial charge in [0.15, 0.2) is 0 Å². The number of aliphatic carboxylic acids is 1. The quantitative estimate of drug-likeness (QED) is 0.125. The molecule has 0 bridgehead atoms. The van der Waals surface area contributed by atoms with Crippen LogP contribution in [0.2, 0.25) is 0 Å². The summed E-state index contributed by atoms with van der Waals surface area (Å²) in [5, 5.41) is 18.2. The molecule has 2 aromatic rings. The number of rotatable bonds is 18. The number of benzene rings is 1. The molecule has 1 aromatic carbocycles. The Morgan fingerprint density at radius 2 is 1.63 bits per heavy atom. The zero-order valence-electron chi connectivity index (χ0n) is 20.6. The van der Waals surface area contributed by atoms with Gasteiger partial charge in [-0.25, -0.2) is 14.6 Å². The molecule has 0 saturated heterocycles. The van der Waals surface area contributed by atoms with Gasteiger partial charge in [-0.3, -0.25) is 0 Å². The third-order valence-corrected chi connectivity index (χ3v) is 6.58. The third kappa shape index (κ3) is 11.9. The monoisotopic (exact) mass is 499 g/mol. The van der Waals surface area contributed by atoms with Gasteiger partial charge in [0.1, 0.15) is 11.4 Å². The molecule has 2 N–H and O–H groups in total. The van der Waals surface area contributed by atoms with Crippen molar-refractivity contribution in [1.82, 2.24) is 4.98 Å². The lowest BCUT2D eigenvalue weighted by Crippen LogP contribution is -2.02. The van der Waals surface area contributed by atoms with Crippen LogP contribution in [-0.2, 0) is 10.5 Å². The van der Waals surface area contributed by atoms with Crippen molar-refractivity contribution < 1.29 is 24.5 Å². The van der Waals surface area contributed by atoms with Crippen LogP contribution < -0.4 is 4.74 Å². The molecule has 0 aliphatic heterocycles. The number of unbranched alkanes of at least 4 members (excludes halogenated alkanes) is 9. The topological polar surface area (TPSA) is 96.7 Å². The van der Waals surface area contributed by atoms with Crippen LogP contribution in [0.15, 0.2) is 47.4 Å². The highest BCUT2D eigenvalue weighted by Gasteiger charge is 2.08. The number of thioether (sulfide) groups is 1. The van der Waals surface area contributed by atoms with Crippen LogP contribution in [0.5, 0.6) is 5.75 Å². The normalized spacial score (nSPS) is 11.1. The smallest absolute Gasteiger partial charge is 0.335 e. The number of aromatic nitrogens is 1. The molecule has 0 unspecified atom stereocenters. The van der Waals surface area contributed by atoms with E-state index in [4.69, 9.17) is 14.9 Å². The van der Waals surface area contributed by atoms with Crippen LogP contribution in [0.1, 0.15) is 92.9 Å². The number of ether oxygens (including phenoxy) is 1. The van der Waals surface area contributed by atoms with Crippen LogP contribution in [0, 0.1) is 0 Å². The minimum absolute atomic E-state index is 0.240. The second-order valence-corrected chi connectivity index (χ2v) is 9.56. The second-order valence-electron chi connectivity index (χ2n) is 8.51. The summed E-state index contributed by atoms with van der Waals surface area (Å²) in [6.45, 7) is 2.81. The first-order valence-corrected chi connectivity index (χ1v) is 13.5. The predicted octanol–water partition coefficient (Wildman–Crippen LogP) is 7.47. The summed E-state index contributed by atoms with van der Waals surface area (Å²) in [5.41, 5.74) is 1.48. The maximum absolute atomic E-state index is 11.2. The highest BCUT2D eigenvalue weighted by Crippen LogP contribution is 2.26. The molecule has 6 nitrogen and oxygen atoms in total. The number of pyridine rings is 1. The predicted molar refractivity (Wildman–Crippen MR) is 141 cm³/mol. The molecule has 0 amide bonds. The molecule has 0 saturated carbocycles. The van der Waals surface area contributed by atoms with Crippen molar-refractivity contribution in [1.29, 1.82) is 0 Å². The summed E-state index contributed by atoms with van der Waals surface area (Å²) in [6.07, 6.45) is 15.0. The molecular formula is C28H37NO5S. The average molecular weight is 500 g/mol. The minimum atomic E-state index is -1.04. The zero-order chi connectivity index (χ0) is 25.3. The standard InChI is InChI=1S/C28H37NO5S/c1-2-3-4-5-6-7-8-9-10-11-19-34-26-17-15-23(29-25(26)16-18-27(30)31)21-35-24-14-12-13-22(20-24)28(32)33/h12-18,20H,2-11,19,21H2,1H3,(H,30,31)(H,32,33). The fourth-order valence-corrected chi connectivity index (χ4v) is 4.48. The molecule has 0 spiro atoms. The summed E-state index contributed by atoms with van der Waals surface area (Å²) in [7, 11) is 0. The number of carboxylic acid groups (broad SMARTS) is 2. The Balaban J connectivity index is 1.83. The third-order valence-electron chi connectivity index (χ3n) is 5.55. The summed E-state index contributed by atoms with van der Waals surface area (Å²) < 4.78 is 5.92. The Labute approximate surface area is 212 Å². The first-order valence-electron chi connectivity index (χ1n) is 12.5. The molecule has 0 aliphatic rings. The van der Waals surface area contributed by atoms with Crippen molar-refractivity contribution in [3.05, 3.63) is 59.4 Å². The first-order chi connectivity index (χ1) is 17.0. The molecule has 2 rings (SSSR count). The number of nitrogens with zero attached hydrogens (tertiary/aromatic N) is 1. The van der Waals surface area contributed by atoms with E-state index >= 15 is 0 Å². The molecule has 0 radical (unpaired) electrons. The Morgan fingerprint density at radius 1 is 0.943 bits per heavy atom. The molecule has 7 heteroatoms. The van der Waals surface area contributed by atoms with Crippen LogP contribution in [0.25, 0.3) is 6.08 Å². The lowest BCUT2D eigenvalue weighted by atomic mass is 10.1. The van der Waals surface area contributed by atoms with Crippen LogP contribution in [0.3, 0.4) is 0 Å². The van der Waals surface area contributed by atoms with Crippen molar-refractivity contribution in [2.24, 2.45) is 0 Å². The number of hydrogen-bond donors (Lipinski definition) is 2. The first kappa shape index (κ1) is 28.4. The summed E-state index contributed by atoms with van der Waals surface area (Å²) >= 11 is 1.47. The molecule has 35 heavy (non-hydrogen) atoms. The van der Waals surface area contributed by atoms with E-state index in [1.165, 1.54) is 69.2 Å². The van der Waals surface area contributed by atoms with Gasteiger partial charge in [0.25, 0.3) is 0 Å². The Bertz CT molecular complexity index is 960. The molecular weight excluding hydrogens is 462 g/mol. The summed E-state index contributed by atoms with van der Waals surface area (Å²) in [5.74, 6) is -0.913. The Hall–Kier alpha value is -2.80. The highest BCUT2D eigenvalue weighted by molar-refractivity contribution is 7.98. The van der Waals surface area contributed by atoms with E-state index in [1.54, 1.807) is 18.2 Å². The van der Waals surface area contributed by atoms with E-state index in [9.17, 15) is 9.59 Å². The molecule has 1 heterocycles. The van der Waals surface area contributed by atoms with Crippen molar-refractivity contribution in [2.45, 2.75) is 81.8 Å². The number of aromatic carboxylic acids is 1. The van der Waals surface area contributed by atoms with Crippen LogP contribution in [-0.4, -0.2) is 33.7 Å². The van der Waals surface area contributed by atoms with Gasteiger partial charge >= 0.3 is 11.9 Å². The molecule has 1 aromatic heterocycles. The van der Waals surface area contributed by atoms with Crippen molar-refractivity contribution in [2.75, 3.05) is 6.61 Å². The van der Waals surface area contributed by atoms with Crippen molar-refractivity contribution in [3.63, 3.8) is 0 Å². The zero-order valence-corrected chi connectivity index (χ0v) is 21.4. The molecule has 0 fully saturated rings. The van der Waals surface area contributed by atoms with E-state index in [1.807, 2.05) is 18.2 Å². The van der Waals surface area contributed by atoms with Gasteiger partial charge in [0.05, 0.1) is 17.9 Å². The maximum Gasteiger partial charge on any atom is 0.335 e. The number of carboxylic acids is 2. The largest absolute Gasteiger partial charge is 0.491 e. The number of carbonyl (C=O) groups is 2. The lowest BCUT2D eigenvalue weighted by Gasteiger charge is -2.11. The van der Waals surface area contributed by atoms with Crippen molar-refractivity contribution >= 4 is 29.8 Å². The molecule has 0 atom stereocenters. The van der Waals surface area contributed by atoms with E-state index in [0.717, 1.165) is 29.5 Å². The van der Waals surface area contributed by atoms with Gasteiger partial charge in [-0.15, -0.1) is 11.8 Å². The average Bonchev–Trinajstić information content (AvgIpc) is 2.85. The molecule has 0 aliphatic carbocycles. The fraction of sp³-hybridized carbons (Fsp3) is 0.464. The minimum Gasteiger partial charge on any atom is -0.491 e. The summed E-state index contributed by atoms with van der Waals surface area (Å²) in [4.78, 5) is 27.6. The van der Waals surface area contributed by atoms with Gasteiger partial charge in [-0.1, -0.05) is 70.8 Å². The van der Waals surface area contributed by atoms with Gasteiger partial charge in [0, 0.05) is 16.7 Å². The van der Waals surface area contributed by atoms with Gasteiger partial charge in [0.2, 0.25) is 0 Å². The van der Waals surface area contributed by atoms with Crippen LogP contribution in [0.4, 0.5) is 0 Å². The second kappa shape index (κ2) is 16.8. The van der Waals surface area contributed by atoms with Gasteiger partial charge < -0.3 is 14.9 Å². The Kier molecular flexibility index (Phi) is 13.6. The molecule has 190 valence electrons. The van der Waals surface area contributed by atoms with Crippen molar-refractivity contribution in [3.8, 4) is 5.75 Å². The highest BCUT2D eigenvalue weighted by atomic mass is 32.2. The van der Waals surface area contributed by atoms with E-state index < -0.39 is 11.9 Å². The van der Waals surface area contributed by atoms with Crippen LogP contribution >= 0.6 is 11.8 Å². The van der Waals surface area contributed by atoms with Gasteiger partial charge in [-0.05, 0) is 42.8 Å². The Morgan fingerprint density at radius 3 is 2.29 bits per heavy atom. The summed E-state index contributed by atoms with van der Waals surface area (Å²) in [6, 6.07) is 10.4. The van der Waals surface area contributed by atoms with E-state index in [2.05, 4.69) is 11.9 Å². The fourth-order valence-electron chi connectivity index (χ4n) is 3.62. The maximum atomic E-state index is 11.2. The van der Waals surface area contributed by atoms with E-state index in [0.29, 0.717) is 23.8 Å².